The first-order valence-corrected chi connectivity index (χ1v) is 19.7. The van der Waals surface area contributed by atoms with E-state index in [0.717, 1.165) is 0 Å². The van der Waals surface area contributed by atoms with Gasteiger partial charge in [-0.15, -0.1) is 0 Å². The van der Waals surface area contributed by atoms with E-state index in [-0.39, 0.29) is 53.7 Å². The standard InChI is InChI=1S/C35H50F17NO13.Na/c36-28(37,29(38,39)30(40,41)31(42,43)32(44,45)33(46,47)34(48,49)35(50,51)52)12-11-20(58)53(13-9-7-5-3-1-2-4-6-8-10-21(59)60)14-17(56)22(61)26(18(57)15-54)66-27-25(64)24(63)23(62)19(16-55)65-27;/h17-19,22-27,54-57,61-64H,1-16H2,(H,59,60);/q;+1/p-1/t17-,18+,19+,22+,23-,24-,25+,26+,27-;/m0./s1. The molecular formula is C35H49F17NNaO13. The van der Waals surface area contributed by atoms with Crippen molar-refractivity contribution in [2.45, 2.75) is 180 Å². The summed E-state index contributed by atoms with van der Waals surface area (Å²) in [5.41, 5.74) is 0. The summed E-state index contributed by atoms with van der Waals surface area (Å²) in [6, 6.07) is 0. The predicted octanol–water partition coefficient (Wildman–Crippen LogP) is -0.480. The molecule has 8 N–H and O–H groups in total. The fourth-order valence-corrected chi connectivity index (χ4v) is 6.29. The maximum absolute atomic E-state index is 14.7. The smallest absolute Gasteiger partial charge is 0.550 e. The Balaban J connectivity index is 0.0000436. The van der Waals surface area contributed by atoms with Crippen molar-refractivity contribution in [1.82, 2.24) is 4.90 Å². The fourth-order valence-electron chi connectivity index (χ4n) is 6.29. The fraction of sp³-hybridized carbons (Fsp3) is 0.943. The summed E-state index contributed by atoms with van der Waals surface area (Å²) in [5.74, 6) is -61.6. The van der Waals surface area contributed by atoms with Crippen LogP contribution >= 0.6 is 0 Å². The number of nitrogens with zero attached hydrogens (tertiary/aromatic N) is 1. The van der Waals surface area contributed by atoms with Gasteiger partial charge in [-0.05, 0) is 19.3 Å². The van der Waals surface area contributed by atoms with Gasteiger partial charge in [-0.1, -0.05) is 44.9 Å². The third kappa shape index (κ3) is 15.0. The van der Waals surface area contributed by atoms with Crippen LogP contribution in [0.5, 0.6) is 0 Å². The van der Waals surface area contributed by atoms with E-state index in [0.29, 0.717) is 44.9 Å². The van der Waals surface area contributed by atoms with E-state index in [4.69, 9.17) is 9.47 Å². The number of ether oxygens (including phenoxy) is 2. The molecule has 0 saturated carbocycles. The number of carboxylic acids is 1. The van der Waals surface area contributed by atoms with E-state index in [1.807, 2.05) is 0 Å². The van der Waals surface area contributed by atoms with Gasteiger partial charge >= 0.3 is 77.2 Å². The van der Waals surface area contributed by atoms with Crippen molar-refractivity contribution in [3.8, 4) is 0 Å². The van der Waals surface area contributed by atoms with Crippen LogP contribution in [0.4, 0.5) is 74.6 Å². The number of aliphatic hydroxyl groups is 8. The Morgan fingerprint density at radius 2 is 1.03 bits per heavy atom. The number of hydrogen-bond donors (Lipinski definition) is 8. The average Bonchev–Trinajstić information content (AvgIpc) is 3.21. The summed E-state index contributed by atoms with van der Waals surface area (Å²) < 4.78 is 244. The Kier molecular flexibility index (Phi) is 25.0. The monoisotopic (exact) mass is 1040 g/mol. The van der Waals surface area contributed by atoms with Crippen LogP contribution in [0.25, 0.3) is 0 Å². The minimum Gasteiger partial charge on any atom is -0.550 e. The minimum atomic E-state index is -8.86. The van der Waals surface area contributed by atoms with Gasteiger partial charge in [0.2, 0.25) is 5.91 Å². The molecule has 0 spiro atoms. The van der Waals surface area contributed by atoms with Crippen LogP contribution in [0, 0.1) is 0 Å². The summed E-state index contributed by atoms with van der Waals surface area (Å²) in [4.78, 5) is 23.8. The Hall–Kier alpha value is -1.65. The van der Waals surface area contributed by atoms with Crippen LogP contribution in [0.1, 0.15) is 77.0 Å². The number of aliphatic hydroxyl groups excluding tert-OH is 8. The second kappa shape index (κ2) is 25.6. The number of hydrogen-bond acceptors (Lipinski definition) is 13. The molecule has 392 valence electrons. The Morgan fingerprint density at radius 3 is 1.46 bits per heavy atom. The van der Waals surface area contributed by atoms with Gasteiger partial charge < -0.3 is 65.1 Å². The Labute approximate surface area is 391 Å². The number of halogens is 17. The summed E-state index contributed by atoms with van der Waals surface area (Å²) >= 11 is 0. The number of carbonyl (C=O) groups excluding carboxylic acids is 2. The molecule has 0 unspecified atom stereocenters. The van der Waals surface area contributed by atoms with Crippen LogP contribution in [-0.4, -0.2) is 187 Å². The van der Waals surface area contributed by atoms with E-state index in [1.54, 1.807) is 0 Å². The first-order chi connectivity index (χ1) is 29.9. The van der Waals surface area contributed by atoms with Gasteiger partial charge in [0.25, 0.3) is 0 Å². The molecule has 1 saturated heterocycles. The van der Waals surface area contributed by atoms with Crippen LogP contribution in [-0.2, 0) is 19.1 Å². The normalized spacial score (nSPS) is 22.4. The molecule has 1 heterocycles. The van der Waals surface area contributed by atoms with Crippen LogP contribution < -0.4 is 34.7 Å². The maximum atomic E-state index is 14.7. The first kappa shape index (κ1) is 65.3. The van der Waals surface area contributed by atoms with E-state index >= 15 is 0 Å². The summed E-state index contributed by atoms with van der Waals surface area (Å²) in [5, 5.41) is 91.7. The Morgan fingerprint density at radius 1 is 0.597 bits per heavy atom. The minimum absolute atomic E-state index is 0. The third-order valence-electron chi connectivity index (χ3n) is 10.4. The number of aliphatic carboxylic acids is 1. The molecule has 32 heteroatoms. The summed E-state index contributed by atoms with van der Waals surface area (Å²) in [6.07, 6.45) is -30.4. The number of carbonyl (C=O) groups is 2. The van der Waals surface area contributed by atoms with Crippen molar-refractivity contribution in [3.63, 3.8) is 0 Å². The van der Waals surface area contributed by atoms with E-state index in [9.17, 15) is 130 Å². The summed E-state index contributed by atoms with van der Waals surface area (Å²) in [6.45, 7) is -4.57. The van der Waals surface area contributed by atoms with Gasteiger partial charge in [-0.3, -0.25) is 4.79 Å². The van der Waals surface area contributed by atoms with Crippen molar-refractivity contribution < 1.29 is 169 Å². The molecule has 0 aliphatic carbocycles. The number of amides is 1. The molecule has 1 aliphatic heterocycles. The van der Waals surface area contributed by atoms with Crippen molar-refractivity contribution in [1.29, 1.82) is 0 Å². The molecule has 1 fully saturated rings. The molecule has 0 bridgehead atoms. The van der Waals surface area contributed by atoms with Gasteiger partial charge in [0, 0.05) is 31.9 Å². The average molecular weight is 1040 g/mol. The topological polar surface area (TPSA) is 241 Å². The van der Waals surface area contributed by atoms with E-state index in [1.165, 1.54) is 0 Å². The van der Waals surface area contributed by atoms with Gasteiger partial charge in [-0.25, -0.2) is 0 Å². The second-order valence-corrected chi connectivity index (χ2v) is 15.4. The van der Waals surface area contributed by atoms with Crippen LogP contribution in [0.3, 0.4) is 0 Å². The largest absolute Gasteiger partial charge is 1.00 e. The summed E-state index contributed by atoms with van der Waals surface area (Å²) in [7, 11) is 0. The number of rotatable bonds is 30. The molecular weight excluding hydrogens is 988 g/mol. The molecule has 0 aromatic rings. The number of carboxylic acid groups (broad SMARTS) is 1. The predicted molar refractivity (Wildman–Crippen MR) is 181 cm³/mol. The SMILES string of the molecule is O=C([O-])CCCCCCCCCCCN(C[C@H](O)[C@@H](O)[C@H](O[C@@H]1O[C@H](CO)[C@H](O)[C@H](O)[C@H]1O)[C@H](O)CO)C(=O)CCC(F)(F)C(F)(F)C(F)(F)C(F)(F)C(F)(F)C(F)(F)C(F)(F)C(F)(F)F.[Na+]. The van der Waals surface area contributed by atoms with Gasteiger partial charge in [-0.2, -0.15) is 74.6 Å². The molecule has 1 aliphatic rings. The zero-order valence-electron chi connectivity index (χ0n) is 35.0. The third-order valence-corrected chi connectivity index (χ3v) is 10.4. The first-order valence-electron chi connectivity index (χ1n) is 19.7. The zero-order valence-corrected chi connectivity index (χ0v) is 37.0. The number of alkyl halides is 17. The molecule has 9 atom stereocenters. The van der Waals surface area contributed by atoms with Crippen LogP contribution in [0.15, 0.2) is 0 Å². The number of unbranched alkanes of at least 4 members (excludes halogenated alkanes) is 8. The van der Waals surface area contributed by atoms with Gasteiger partial charge in [0.15, 0.2) is 6.29 Å². The van der Waals surface area contributed by atoms with Crippen molar-refractivity contribution in [3.05, 3.63) is 0 Å². The van der Waals surface area contributed by atoms with Crippen molar-refractivity contribution >= 4 is 11.9 Å². The van der Waals surface area contributed by atoms with Crippen molar-refractivity contribution in [2.24, 2.45) is 0 Å². The van der Waals surface area contributed by atoms with Crippen molar-refractivity contribution in [2.75, 3.05) is 26.3 Å². The van der Waals surface area contributed by atoms with Gasteiger partial charge in [0.1, 0.15) is 48.8 Å². The molecule has 14 nitrogen and oxygen atoms in total. The second-order valence-electron chi connectivity index (χ2n) is 15.4. The zero-order chi connectivity index (χ0) is 51.7. The quantitative estimate of drug-likeness (QED) is 0.0258. The van der Waals surface area contributed by atoms with Crippen LogP contribution in [0.2, 0.25) is 0 Å². The van der Waals surface area contributed by atoms with Gasteiger partial charge in [0.05, 0.1) is 13.2 Å². The molecule has 67 heavy (non-hydrogen) atoms. The molecule has 0 aromatic carbocycles. The van der Waals surface area contributed by atoms with E-state index in [2.05, 4.69) is 0 Å². The molecule has 0 radical (unpaired) electrons. The molecule has 0 aromatic heterocycles. The molecule has 1 rings (SSSR count). The molecule has 1 amide bonds. The maximum Gasteiger partial charge on any atom is 1.00 e. The Bertz CT molecular complexity index is 1520. The van der Waals surface area contributed by atoms with E-state index < -0.39 is 154 Å².